The fraction of sp³-hybridized carbons (Fsp3) is 0.500. The van der Waals surface area contributed by atoms with Gasteiger partial charge in [-0.15, -0.1) is 11.3 Å². The summed E-state index contributed by atoms with van der Waals surface area (Å²) in [5.41, 5.74) is 5.59. The van der Waals surface area contributed by atoms with Crippen molar-refractivity contribution < 1.29 is 4.79 Å². The number of hydrogen-bond acceptors (Lipinski definition) is 3. The molecule has 0 aliphatic carbocycles. The molecule has 1 unspecified atom stereocenters. The van der Waals surface area contributed by atoms with Gasteiger partial charge in [0.15, 0.2) is 5.78 Å². The van der Waals surface area contributed by atoms with E-state index >= 15 is 0 Å². The summed E-state index contributed by atoms with van der Waals surface area (Å²) < 4.78 is 0.667. The molecule has 0 aromatic carbocycles. The first kappa shape index (κ1) is 11.7. The van der Waals surface area contributed by atoms with Crippen LogP contribution < -0.4 is 5.73 Å². The summed E-state index contributed by atoms with van der Waals surface area (Å²) in [4.78, 5) is 12.3. The Bertz CT molecular complexity index is 309. The van der Waals surface area contributed by atoms with Crippen molar-refractivity contribution in [3.63, 3.8) is 0 Å². The van der Waals surface area contributed by atoms with Gasteiger partial charge in [0.05, 0.1) is 9.21 Å². The Kier molecular flexibility index (Phi) is 4.58. The van der Waals surface area contributed by atoms with Crippen LogP contribution in [0.25, 0.3) is 0 Å². The molecule has 4 heteroatoms. The lowest BCUT2D eigenvalue weighted by molar-refractivity contribution is 0.0983. The SMILES string of the molecule is CC(N)CCCC(=O)c1ccc(Cl)s1. The predicted molar refractivity (Wildman–Crippen MR) is 61.2 cm³/mol. The first-order valence-electron chi connectivity index (χ1n) is 4.63. The van der Waals surface area contributed by atoms with E-state index in [2.05, 4.69) is 0 Å². The van der Waals surface area contributed by atoms with Crippen LogP contribution in [0.1, 0.15) is 35.9 Å². The first-order valence-corrected chi connectivity index (χ1v) is 5.83. The molecule has 0 fully saturated rings. The van der Waals surface area contributed by atoms with Crippen molar-refractivity contribution in [2.75, 3.05) is 0 Å². The van der Waals surface area contributed by atoms with Crippen LogP contribution in [0.4, 0.5) is 0 Å². The lowest BCUT2D eigenvalue weighted by atomic mass is 10.1. The van der Waals surface area contributed by atoms with Gasteiger partial charge in [0.1, 0.15) is 0 Å². The Morgan fingerprint density at radius 3 is 2.86 bits per heavy atom. The van der Waals surface area contributed by atoms with E-state index in [0.717, 1.165) is 17.7 Å². The molecule has 0 spiro atoms. The Morgan fingerprint density at radius 1 is 1.64 bits per heavy atom. The van der Waals surface area contributed by atoms with Crippen LogP contribution in [0.3, 0.4) is 0 Å². The number of carbonyl (C=O) groups is 1. The molecule has 14 heavy (non-hydrogen) atoms. The van der Waals surface area contributed by atoms with Crippen LogP contribution >= 0.6 is 22.9 Å². The number of hydrogen-bond donors (Lipinski definition) is 1. The van der Waals surface area contributed by atoms with Gasteiger partial charge in [-0.1, -0.05) is 11.6 Å². The summed E-state index contributed by atoms with van der Waals surface area (Å²) in [5.74, 6) is 0.169. The quantitative estimate of drug-likeness (QED) is 0.792. The zero-order valence-electron chi connectivity index (χ0n) is 8.13. The molecular weight excluding hydrogens is 218 g/mol. The highest BCUT2D eigenvalue weighted by Gasteiger charge is 2.08. The van der Waals surface area contributed by atoms with E-state index < -0.39 is 0 Å². The molecule has 2 nitrogen and oxygen atoms in total. The van der Waals surface area contributed by atoms with Gasteiger partial charge in [-0.25, -0.2) is 0 Å². The highest BCUT2D eigenvalue weighted by atomic mass is 35.5. The van der Waals surface area contributed by atoms with Crippen LogP contribution in [0.5, 0.6) is 0 Å². The van der Waals surface area contributed by atoms with Gasteiger partial charge in [0.25, 0.3) is 0 Å². The number of nitrogens with two attached hydrogens (primary N) is 1. The third kappa shape index (κ3) is 3.78. The molecule has 0 saturated carbocycles. The van der Waals surface area contributed by atoms with Gasteiger partial charge in [0, 0.05) is 12.5 Å². The van der Waals surface area contributed by atoms with Gasteiger partial charge in [-0.2, -0.15) is 0 Å². The number of halogens is 1. The monoisotopic (exact) mass is 231 g/mol. The van der Waals surface area contributed by atoms with E-state index in [0.29, 0.717) is 10.8 Å². The minimum Gasteiger partial charge on any atom is -0.328 e. The lowest BCUT2D eigenvalue weighted by Gasteiger charge is -2.02. The molecule has 0 saturated heterocycles. The van der Waals surface area contributed by atoms with Crippen LogP contribution in [0, 0.1) is 0 Å². The van der Waals surface area contributed by atoms with Gasteiger partial charge >= 0.3 is 0 Å². The van der Waals surface area contributed by atoms with E-state index in [1.165, 1.54) is 11.3 Å². The van der Waals surface area contributed by atoms with E-state index in [4.69, 9.17) is 17.3 Å². The number of ketones is 1. The molecule has 78 valence electrons. The standard InChI is InChI=1S/C10H14ClNOS/c1-7(12)3-2-4-8(13)9-5-6-10(11)14-9/h5-7H,2-4,12H2,1H3. The Morgan fingerprint density at radius 2 is 2.36 bits per heavy atom. The van der Waals surface area contributed by atoms with Crippen molar-refractivity contribution >= 4 is 28.7 Å². The summed E-state index contributed by atoms with van der Waals surface area (Å²) in [6, 6.07) is 3.71. The average Bonchev–Trinajstić information content (AvgIpc) is 2.51. The summed E-state index contributed by atoms with van der Waals surface area (Å²) >= 11 is 7.07. The van der Waals surface area contributed by atoms with Gasteiger partial charge < -0.3 is 5.73 Å². The molecule has 2 N–H and O–H groups in total. The van der Waals surface area contributed by atoms with Gasteiger partial charge in [0.2, 0.25) is 0 Å². The van der Waals surface area contributed by atoms with E-state index in [1.807, 2.05) is 6.92 Å². The van der Waals surface area contributed by atoms with Crippen molar-refractivity contribution in [2.45, 2.75) is 32.2 Å². The van der Waals surface area contributed by atoms with Crippen LogP contribution in [0.2, 0.25) is 4.34 Å². The maximum atomic E-state index is 11.6. The third-order valence-corrected chi connectivity index (χ3v) is 3.18. The first-order chi connectivity index (χ1) is 6.59. The topological polar surface area (TPSA) is 43.1 Å². The molecule has 1 aromatic heterocycles. The van der Waals surface area contributed by atoms with E-state index in [1.54, 1.807) is 12.1 Å². The van der Waals surface area contributed by atoms with Crippen LogP contribution in [-0.4, -0.2) is 11.8 Å². The van der Waals surface area contributed by atoms with Crippen molar-refractivity contribution in [1.29, 1.82) is 0 Å². The minimum atomic E-state index is 0.169. The number of rotatable bonds is 5. The third-order valence-electron chi connectivity index (χ3n) is 1.91. The Labute approximate surface area is 93.1 Å². The zero-order chi connectivity index (χ0) is 10.6. The summed E-state index contributed by atoms with van der Waals surface area (Å²) in [5, 5.41) is 0. The maximum Gasteiger partial charge on any atom is 0.172 e. The fourth-order valence-electron chi connectivity index (χ4n) is 1.17. The average molecular weight is 232 g/mol. The van der Waals surface area contributed by atoms with Gasteiger partial charge in [-0.05, 0) is 31.9 Å². The molecule has 1 rings (SSSR count). The summed E-state index contributed by atoms with van der Waals surface area (Å²) in [7, 11) is 0. The number of carbonyl (C=O) groups excluding carboxylic acids is 1. The highest BCUT2D eigenvalue weighted by molar-refractivity contribution is 7.18. The lowest BCUT2D eigenvalue weighted by Crippen LogP contribution is -2.14. The molecule has 0 amide bonds. The Balaban J connectivity index is 2.36. The van der Waals surface area contributed by atoms with Crippen molar-refractivity contribution in [2.24, 2.45) is 5.73 Å². The molecule has 0 radical (unpaired) electrons. The highest BCUT2D eigenvalue weighted by Crippen LogP contribution is 2.23. The normalized spacial score (nSPS) is 12.8. The van der Waals surface area contributed by atoms with Crippen LogP contribution in [-0.2, 0) is 0 Å². The molecule has 0 bridgehead atoms. The van der Waals surface area contributed by atoms with Crippen molar-refractivity contribution in [1.82, 2.24) is 0 Å². The fourth-order valence-corrected chi connectivity index (χ4v) is 2.18. The van der Waals surface area contributed by atoms with Crippen LogP contribution in [0.15, 0.2) is 12.1 Å². The number of Topliss-reactive ketones (excluding diaryl/α,β-unsaturated/α-hetero) is 1. The Hall–Kier alpha value is -0.380. The second-order valence-corrected chi connectivity index (χ2v) is 5.11. The smallest absolute Gasteiger partial charge is 0.172 e. The molecule has 1 atom stereocenters. The second kappa shape index (κ2) is 5.49. The predicted octanol–water partition coefficient (Wildman–Crippen LogP) is 3.10. The number of thiophene rings is 1. The largest absolute Gasteiger partial charge is 0.328 e. The molecular formula is C10H14ClNOS. The second-order valence-electron chi connectivity index (χ2n) is 3.40. The van der Waals surface area contributed by atoms with Gasteiger partial charge in [-0.3, -0.25) is 4.79 Å². The molecule has 0 aliphatic heterocycles. The minimum absolute atomic E-state index is 0.169. The molecule has 1 aromatic rings. The van der Waals surface area contributed by atoms with E-state index in [9.17, 15) is 4.79 Å². The van der Waals surface area contributed by atoms with E-state index in [-0.39, 0.29) is 11.8 Å². The zero-order valence-corrected chi connectivity index (χ0v) is 9.70. The van der Waals surface area contributed by atoms with Crippen molar-refractivity contribution in [3.8, 4) is 0 Å². The molecule has 0 aliphatic rings. The van der Waals surface area contributed by atoms with Crippen molar-refractivity contribution in [3.05, 3.63) is 21.3 Å². The summed E-state index contributed by atoms with van der Waals surface area (Å²) in [6.45, 7) is 1.95. The molecule has 1 heterocycles. The summed E-state index contributed by atoms with van der Waals surface area (Å²) in [6.07, 6.45) is 2.31. The maximum absolute atomic E-state index is 11.6.